The fourth-order valence-electron chi connectivity index (χ4n) is 1.90. The minimum Gasteiger partial charge on any atom is -0.155 e. The summed E-state index contributed by atoms with van der Waals surface area (Å²) in [5.41, 5.74) is 0. The standard InChI is InChI=1S/C11H22S/c1-3-4-5-6-7-11-9-8-10(2)12-11/h10-11H,3-9H2,1-2H3. The Morgan fingerprint density at radius 1 is 1.17 bits per heavy atom. The lowest BCUT2D eigenvalue weighted by Gasteiger charge is -2.07. The van der Waals surface area contributed by atoms with E-state index in [4.69, 9.17) is 0 Å². The molecule has 0 aromatic rings. The van der Waals surface area contributed by atoms with Gasteiger partial charge in [0.15, 0.2) is 0 Å². The molecule has 1 fully saturated rings. The van der Waals surface area contributed by atoms with E-state index in [0.29, 0.717) is 0 Å². The smallest absolute Gasteiger partial charge is 0.00501 e. The van der Waals surface area contributed by atoms with E-state index in [1.807, 2.05) is 0 Å². The van der Waals surface area contributed by atoms with E-state index in [0.717, 1.165) is 10.5 Å². The third kappa shape index (κ3) is 3.84. The molecule has 0 radical (unpaired) electrons. The number of hydrogen-bond acceptors (Lipinski definition) is 1. The van der Waals surface area contributed by atoms with Gasteiger partial charge in [-0.25, -0.2) is 0 Å². The molecule has 1 heteroatoms. The molecule has 0 aliphatic carbocycles. The van der Waals surface area contributed by atoms with Gasteiger partial charge in [-0.1, -0.05) is 39.5 Å². The second kappa shape index (κ2) is 5.90. The maximum Gasteiger partial charge on any atom is 0.00501 e. The maximum atomic E-state index is 2.37. The lowest BCUT2D eigenvalue weighted by molar-refractivity contribution is 0.603. The first-order valence-corrected chi connectivity index (χ1v) is 6.42. The molecule has 0 N–H and O–H groups in total. The molecule has 0 bridgehead atoms. The number of rotatable bonds is 5. The zero-order valence-electron chi connectivity index (χ0n) is 8.51. The van der Waals surface area contributed by atoms with Gasteiger partial charge in [0, 0.05) is 10.5 Å². The molecule has 1 saturated heterocycles. The Labute approximate surface area is 81.5 Å². The zero-order chi connectivity index (χ0) is 8.81. The van der Waals surface area contributed by atoms with Crippen molar-refractivity contribution in [2.45, 2.75) is 69.3 Å². The quantitative estimate of drug-likeness (QED) is 0.579. The lowest BCUT2D eigenvalue weighted by atomic mass is 10.1. The highest BCUT2D eigenvalue weighted by atomic mass is 32.2. The van der Waals surface area contributed by atoms with Crippen LogP contribution in [0.25, 0.3) is 0 Å². The topological polar surface area (TPSA) is 0 Å². The van der Waals surface area contributed by atoms with E-state index >= 15 is 0 Å². The second-order valence-corrected chi connectivity index (χ2v) is 5.74. The van der Waals surface area contributed by atoms with Crippen molar-refractivity contribution in [1.29, 1.82) is 0 Å². The molecule has 1 rings (SSSR count). The molecule has 1 aliphatic rings. The third-order valence-corrected chi connectivity index (χ3v) is 4.26. The minimum atomic E-state index is 0.946. The Morgan fingerprint density at radius 2 is 2.00 bits per heavy atom. The van der Waals surface area contributed by atoms with Crippen molar-refractivity contribution in [3.05, 3.63) is 0 Å². The number of unbranched alkanes of at least 4 members (excludes halogenated alkanes) is 3. The van der Waals surface area contributed by atoms with Crippen molar-refractivity contribution >= 4 is 11.8 Å². The van der Waals surface area contributed by atoms with Gasteiger partial charge in [0.25, 0.3) is 0 Å². The normalized spacial score (nSPS) is 29.5. The molecule has 12 heavy (non-hydrogen) atoms. The van der Waals surface area contributed by atoms with Crippen LogP contribution in [0.5, 0.6) is 0 Å². The predicted octanol–water partition coefficient (Wildman–Crippen LogP) is 4.24. The molecule has 0 amide bonds. The van der Waals surface area contributed by atoms with Gasteiger partial charge in [-0.05, 0) is 19.3 Å². The van der Waals surface area contributed by atoms with Crippen LogP contribution in [0.3, 0.4) is 0 Å². The number of thioether (sulfide) groups is 1. The van der Waals surface area contributed by atoms with E-state index < -0.39 is 0 Å². The van der Waals surface area contributed by atoms with Crippen molar-refractivity contribution in [2.75, 3.05) is 0 Å². The molecule has 0 saturated carbocycles. The van der Waals surface area contributed by atoms with Crippen LogP contribution in [0.4, 0.5) is 0 Å². The van der Waals surface area contributed by atoms with E-state index in [2.05, 4.69) is 25.6 Å². The van der Waals surface area contributed by atoms with Crippen LogP contribution < -0.4 is 0 Å². The van der Waals surface area contributed by atoms with Crippen molar-refractivity contribution in [3.8, 4) is 0 Å². The van der Waals surface area contributed by atoms with E-state index in [1.54, 1.807) is 0 Å². The van der Waals surface area contributed by atoms with E-state index in [-0.39, 0.29) is 0 Å². The van der Waals surface area contributed by atoms with Crippen molar-refractivity contribution in [2.24, 2.45) is 0 Å². The molecular formula is C11H22S. The summed E-state index contributed by atoms with van der Waals surface area (Å²) in [4.78, 5) is 0. The first kappa shape index (κ1) is 10.4. The SMILES string of the molecule is CCCCCCC1CCC(C)S1. The highest BCUT2D eigenvalue weighted by Gasteiger charge is 2.20. The van der Waals surface area contributed by atoms with Crippen molar-refractivity contribution < 1.29 is 0 Å². The molecule has 0 aromatic heterocycles. The van der Waals surface area contributed by atoms with Crippen molar-refractivity contribution in [3.63, 3.8) is 0 Å². The van der Waals surface area contributed by atoms with Gasteiger partial charge in [0.1, 0.15) is 0 Å². The average molecular weight is 186 g/mol. The van der Waals surface area contributed by atoms with Gasteiger partial charge < -0.3 is 0 Å². The van der Waals surface area contributed by atoms with Crippen molar-refractivity contribution in [1.82, 2.24) is 0 Å². The number of hydrogen-bond donors (Lipinski definition) is 0. The zero-order valence-corrected chi connectivity index (χ0v) is 9.33. The molecule has 2 atom stereocenters. The van der Waals surface area contributed by atoms with Crippen LogP contribution in [-0.4, -0.2) is 10.5 Å². The van der Waals surface area contributed by atoms with Gasteiger partial charge in [-0.3, -0.25) is 0 Å². The molecule has 72 valence electrons. The summed E-state index contributed by atoms with van der Waals surface area (Å²) in [7, 11) is 0. The van der Waals surface area contributed by atoms with E-state index in [1.165, 1.54) is 44.9 Å². The Hall–Kier alpha value is 0.350. The second-order valence-electron chi connectivity index (χ2n) is 4.00. The van der Waals surface area contributed by atoms with Gasteiger partial charge in [-0.2, -0.15) is 11.8 Å². The third-order valence-electron chi connectivity index (χ3n) is 2.70. The maximum absolute atomic E-state index is 2.37. The molecule has 0 nitrogen and oxygen atoms in total. The first-order chi connectivity index (χ1) is 5.83. The highest BCUT2D eigenvalue weighted by molar-refractivity contribution is 8.00. The van der Waals surface area contributed by atoms with Crippen LogP contribution in [0.2, 0.25) is 0 Å². The molecule has 1 heterocycles. The van der Waals surface area contributed by atoms with Gasteiger partial charge in [0.05, 0.1) is 0 Å². The molecule has 2 unspecified atom stereocenters. The van der Waals surface area contributed by atoms with Gasteiger partial charge in [-0.15, -0.1) is 0 Å². The predicted molar refractivity (Wildman–Crippen MR) is 58.8 cm³/mol. The van der Waals surface area contributed by atoms with Crippen LogP contribution >= 0.6 is 11.8 Å². The molecule has 0 spiro atoms. The summed E-state index contributed by atoms with van der Waals surface area (Å²) in [6.07, 6.45) is 10.2. The largest absolute Gasteiger partial charge is 0.155 e. The fraction of sp³-hybridized carbons (Fsp3) is 1.00. The summed E-state index contributed by atoms with van der Waals surface area (Å²) in [5.74, 6) is 0. The molecule has 0 aromatic carbocycles. The minimum absolute atomic E-state index is 0.946. The summed E-state index contributed by atoms with van der Waals surface area (Å²) >= 11 is 2.22. The average Bonchev–Trinajstić information content (AvgIpc) is 2.45. The summed E-state index contributed by atoms with van der Waals surface area (Å²) in [6.45, 7) is 4.66. The molecular weight excluding hydrogens is 164 g/mol. The summed E-state index contributed by atoms with van der Waals surface area (Å²) in [5, 5.41) is 1.96. The Morgan fingerprint density at radius 3 is 2.58 bits per heavy atom. The highest BCUT2D eigenvalue weighted by Crippen LogP contribution is 2.35. The van der Waals surface area contributed by atoms with Gasteiger partial charge >= 0.3 is 0 Å². The summed E-state index contributed by atoms with van der Waals surface area (Å²) < 4.78 is 0. The van der Waals surface area contributed by atoms with Crippen LogP contribution in [0, 0.1) is 0 Å². The fourth-order valence-corrected chi connectivity index (χ4v) is 3.40. The Bertz CT molecular complexity index is 112. The Balaban J connectivity index is 1.93. The first-order valence-electron chi connectivity index (χ1n) is 5.48. The summed E-state index contributed by atoms with van der Waals surface area (Å²) in [6, 6.07) is 0. The van der Waals surface area contributed by atoms with E-state index in [9.17, 15) is 0 Å². The Kier molecular flexibility index (Phi) is 5.13. The lowest BCUT2D eigenvalue weighted by Crippen LogP contribution is -1.96. The monoisotopic (exact) mass is 186 g/mol. The van der Waals surface area contributed by atoms with Crippen LogP contribution in [-0.2, 0) is 0 Å². The van der Waals surface area contributed by atoms with Gasteiger partial charge in [0.2, 0.25) is 0 Å². The molecule has 1 aliphatic heterocycles. The van der Waals surface area contributed by atoms with Crippen LogP contribution in [0.15, 0.2) is 0 Å². The van der Waals surface area contributed by atoms with Crippen LogP contribution in [0.1, 0.15) is 58.8 Å².